The molecule has 0 aliphatic carbocycles. The van der Waals surface area contributed by atoms with Crippen molar-refractivity contribution in [1.29, 1.82) is 0 Å². The van der Waals surface area contributed by atoms with E-state index < -0.39 is 12.0 Å². The molecule has 0 saturated heterocycles. The molecule has 0 atom stereocenters. The largest absolute Gasteiger partial charge is 0.451 e. The second-order valence-electron chi connectivity index (χ2n) is 2.97. The summed E-state index contributed by atoms with van der Waals surface area (Å²) in [5.74, 6) is -1.22. The third-order valence-electron chi connectivity index (χ3n) is 1.88. The number of rotatable bonds is 0. The average molecular weight is 358 g/mol. The highest BCUT2D eigenvalue weighted by atomic mass is 127. The van der Waals surface area contributed by atoms with Crippen LogP contribution in [0.3, 0.4) is 0 Å². The van der Waals surface area contributed by atoms with Crippen LogP contribution >= 0.6 is 34.2 Å². The van der Waals surface area contributed by atoms with Crippen LogP contribution in [0.2, 0.25) is 5.15 Å². The standard InChI is InChI=1S/C9H3ClF3IN2/c10-7-6-4(14)2-1-3-5(6)15-8(16-7)9(11,12)13/h1-3H. The maximum atomic E-state index is 12.4. The lowest BCUT2D eigenvalue weighted by molar-refractivity contribution is -0.144. The summed E-state index contributed by atoms with van der Waals surface area (Å²) in [5.41, 5.74) is 0.194. The summed E-state index contributed by atoms with van der Waals surface area (Å²) in [7, 11) is 0. The van der Waals surface area contributed by atoms with Gasteiger partial charge in [0.05, 0.1) is 10.9 Å². The van der Waals surface area contributed by atoms with E-state index in [1.165, 1.54) is 6.07 Å². The van der Waals surface area contributed by atoms with Crippen molar-refractivity contribution >= 4 is 45.1 Å². The van der Waals surface area contributed by atoms with Gasteiger partial charge in [-0.1, -0.05) is 17.7 Å². The van der Waals surface area contributed by atoms with Crippen molar-refractivity contribution in [3.05, 3.63) is 32.7 Å². The van der Waals surface area contributed by atoms with Crippen LogP contribution in [0.5, 0.6) is 0 Å². The molecule has 1 aromatic heterocycles. The van der Waals surface area contributed by atoms with Gasteiger partial charge in [0.2, 0.25) is 5.82 Å². The van der Waals surface area contributed by atoms with Crippen LogP contribution in [0.25, 0.3) is 10.9 Å². The fourth-order valence-electron chi connectivity index (χ4n) is 1.22. The van der Waals surface area contributed by atoms with Crippen LogP contribution in [-0.2, 0) is 6.18 Å². The topological polar surface area (TPSA) is 25.8 Å². The molecule has 1 aromatic carbocycles. The summed E-state index contributed by atoms with van der Waals surface area (Å²) in [6, 6.07) is 4.82. The molecule has 0 spiro atoms. The monoisotopic (exact) mass is 358 g/mol. The molecule has 0 aliphatic heterocycles. The molecule has 2 aromatic rings. The fraction of sp³-hybridized carbons (Fsp3) is 0.111. The van der Waals surface area contributed by atoms with E-state index in [-0.39, 0.29) is 10.7 Å². The maximum absolute atomic E-state index is 12.4. The summed E-state index contributed by atoms with van der Waals surface area (Å²) in [6.07, 6.45) is -4.58. The van der Waals surface area contributed by atoms with Crippen LogP contribution in [0.1, 0.15) is 5.82 Å². The summed E-state index contributed by atoms with van der Waals surface area (Å²) in [6.45, 7) is 0. The Kier molecular flexibility index (Phi) is 2.95. The lowest BCUT2D eigenvalue weighted by Gasteiger charge is -2.07. The lowest BCUT2D eigenvalue weighted by Crippen LogP contribution is -2.11. The van der Waals surface area contributed by atoms with Gasteiger partial charge >= 0.3 is 6.18 Å². The van der Waals surface area contributed by atoms with Crippen LogP contribution in [0.15, 0.2) is 18.2 Å². The number of hydrogen-bond acceptors (Lipinski definition) is 2. The minimum absolute atomic E-state index is 0.178. The number of fused-ring (bicyclic) bond motifs is 1. The molecule has 0 N–H and O–H groups in total. The molecular formula is C9H3ClF3IN2. The Hall–Kier alpha value is -0.630. The Balaban J connectivity index is 2.79. The van der Waals surface area contributed by atoms with Crippen molar-refractivity contribution in [2.75, 3.05) is 0 Å². The van der Waals surface area contributed by atoms with E-state index in [4.69, 9.17) is 11.6 Å². The number of aromatic nitrogens is 2. The average Bonchev–Trinajstić information content (AvgIpc) is 2.15. The van der Waals surface area contributed by atoms with Gasteiger partial charge in [0, 0.05) is 3.57 Å². The molecule has 0 aliphatic rings. The van der Waals surface area contributed by atoms with Crippen molar-refractivity contribution in [1.82, 2.24) is 9.97 Å². The first-order valence-electron chi connectivity index (χ1n) is 4.08. The smallest absolute Gasteiger partial charge is 0.224 e. The number of nitrogens with zero attached hydrogens (tertiary/aromatic N) is 2. The Morgan fingerprint density at radius 3 is 2.50 bits per heavy atom. The molecule has 1 heterocycles. The number of hydrogen-bond donors (Lipinski definition) is 0. The SMILES string of the molecule is FC(F)(F)c1nc(Cl)c2c(I)cccc2n1. The second kappa shape index (κ2) is 3.99. The summed E-state index contributed by atoms with van der Waals surface area (Å²) in [4.78, 5) is 6.70. The molecule has 2 rings (SSSR count). The van der Waals surface area contributed by atoms with E-state index in [2.05, 4.69) is 9.97 Å². The van der Waals surface area contributed by atoms with Gasteiger partial charge in [-0.15, -0.1) is 0 Å². The van der Waals surface area contributed by atoms with Gasteiger partial charge in [0.15, 0.2) is 0 Å². The Morgan fingerprint density at radius 1 is 1.19 bits per heavy atom. The Labute approximate surface area is 107 Å². The molecule has 84 valence electrons. The van der Waals surface area contributed by atoms with Crippen molar-refractivity contribution in [3.8, 4) is 0 Å². The van der Waals surface area contributed by atoms with Crippen LogP contribution in [-0.4, -0.2) is 9.97 Å². The Bertz CT molecular complexity index is 556. The molecular weight excluding hydrogens is 355 g/mol. The zero-order valence-corrected chi connectivity index (χ0v) is 10.4. The summed E-state index contributed by atoms with van der Waals surface area (Å²) >= 11 is 7.69. The van der Waals surface area contributed by atoms with Crippen molar-refractivity contribution in [3.63, 3.8) is 0 Å². The van der Waals surface area contributed by atoms with Gasteiger partial charge in [-0.25, -0.2) is 9.97 Å². The highest BCUT2D eigenvalue weighted by molar-refractivity contribution is 14.1. The molecule has 7 heteroatoms. The molecule has 0 bridgehead atoms. The molecule has 0 unspecified atom stereocenters. The third kappa shape index (κ3) is 2.08. The highest BCUT2D eigenvalue weighted by Gasteiger charge is 2.35. The zero-order chi connectivity index (χ0) is 11.9. The van der Waals surface area contributed by atoms with E-state index >= 15 is 0 Å². The minimum atomic E-state index is -4.58. The van der Waals surface area contributed by atoms with Gasteiger partial charge in [-0.05, 0) is 34.7 Å². The van der Waals surface area contributed by atoms with Gasteiger partial charge in [0.1, 0.15) is 5.15 Å². The van der Waals surface area contributed by atoms with Crippen molar-refractivity contribution < 1.29 is 13.2 Å². The minimum Gasteiger partial charge on any atom is -0.224 e. The molecule has 0 fully saturated rings. The predicted molar refractivity (Wildman–Crippen MR) is 62.3 cm³/mol. The van der Waals surface area contributed by atoms with E-state index in [0.29, 0.717) is 8.96 Å². The Morgan fingerprint density at radius 2 is 1.88 bits per heavy atom. The van der Waals surface area contributed by atoms with E-state index in [1.807, 2.05) is 22.6 Å². The molecule has 16 heavy (non-hydrogen) atoms. The first-order valence-corrected chi connectivity index (χ1v) is 5.54. The van der Waals surface area contributed by atoms with E-state index in [0.717, 1.165) is 0 Å². The van der Waals surface area contributed by atoms with Crippen LogP contribution < -0.4 is 0 Å². The van der Waals surface area contributed by atoms with Gasteiger partial charge in [-0.3, -0.25) is 0 Å². The predicted octanol–water partition coefficient (Wildman–Crippen LogP) is 3.91. The number of alkyl halides is 3. The molecule has 2 nitrogen and oxygen atoms in total. The fourth-order valence-corrected chi connectivity index (χ4v) is 2.40. The summed E-state index contributed by atoms with van der Waals surface area (Å²) < 4.78 is 37.9. The van der Waals surface area contributed by atoms with Gasteiger partial charge in [0.25, 0.3) is 0 Å². The molecule has 0 saturated carbocycles. The quantitative estimate of drug-likeness (QED) is 0.527. The van der Waals surface area contributed by atoms with E-state index in [9.17, 15) is 13.2 Å². The first kappa shape index (κ1) is 11.8. The zero-order valence-electron chi connectivity index (χ0n) is 7.52. The number of benzene rings is 1. The van der Waals surface area contributed by atoms with E-state index in [1.54, 1.807) is 12.1 Å². The first-order chi connectivity index (χ1) is 7.39. The van der Waals surface area contributed by atoms with Crippen molar-refractivity contribution in [2.45, 2.75) is 6.18 Å². The summed E-state index contributed by atoms with van der Waals surface area (Å²) in [5, 5.41) is 0.264. The third-order valence-corrected chi connectivity index (χ3v) is 3.05. The highest BCUT2D eigenvalue weighted by Crippen LogP contribution is 2.31. The van der Waals surface area contributed by atoms with Gasteiger partial charge < -0.3 is 0 Å². The maximum Gasteiger partial charge on any atom is 0.451 e. The molecule has 0 radical (unpaired) electrons. The molecule has 0 amide bonds. The van der Waals surface area contributed by atoms with Crippen molar-refractivity contribution in [2.24, 2.45) is 0 Å². The lowest BCUT2D eigenvalue weighted by atomic mass is 10.2. The van der Waals surface area contributed by atoms with Gasteiger partial charge in [-0.2, -0.15) is 13.2 Å². The second-order valence-corrected chi connectivity index (χ2v) is 4.49. The van der Waals surface area contributed by atoms with Crippen LogP contribution in [0, 0.1) is 3.57 Å². The van der Waals surface area contributed by atoms with Crippen LogP contribution in [0.4, 0.5) is 13.2 Å². The number of halogens is 5. The normalized spacial score (nSPS) is 12.1.